The summed E-state index contributed by atoms with van der Waals surface area (Å²) in [6.45, 7) is 4.08. The van der Waals surface area contributed by atoms with Crippen molar-refractivity contribution in [3.63, 3.8) is 0 Å². The Morgan fingerprint density at radius 1 is 1.21 bits per heavy atom. The maximum absolute atomic E-state index is 12.4. The van der Waals surface area contributed by atoms with Crippen molar-refractivity contribution in [2.45, 2.75) is 31.6 Å². The number of thiophene rings is 1. The number of fused-ring (bicyclic) bond motifs is 1. The van der Waals surface area contributed by atoms with Gasteiger partial charge in [0.2, 0.25) is 15.0 Å². The van der Waals surface area contributed by atoms with Crippen molar-refractivity contribution in [1.29, 1.82) is 0 Å². The van der Waals surface area contributed by atoms with Gasteiger partial charge in [-0.1, -0.05) is 24.3 Å². The van der Waals surface area contributed by atoms with Crippen molar-refractivity contribution in [2.75, 3.05) is 12.8 Å². The van der Waals surface area contributed by atoms with Gasteiger partial charge in [-0.15, -0.1) is 11.3 Å². The number of aromatic amines is 1. The molecule has 0 amide bonds. The molecular weight excluding hydrogens is 394 g/mol. The summed E-state index contributed by atoms with van der Waals surface area (Å²) in [5.74, 6) is 0. The molecule has 0 bridgehead atoms. The predicted octanol–water partition coefficient (Wildman–Crippen LogP) is 2.77. The van der Waals surface area contributed by atoms with Gasteiger partial charge in [-0.25, -0.2) is 13.4 Å². The molecule has 3 aromatic rings. The zero-order valence-electron chi connectivity index (χ0n) is 15.7. The number of hydrogen-bond donors (Lipinski definition) is 1. The summed E-state index contributed by atoms with van der Waals surface area (Å²) in [7, 11) is -3.53. The topological polar surface area (TPSA) is 83.1 Å². The van der Waals surface area contributed by atoms with Crippen LogP contribution in [0.1, 0.15) is 21.7 Å². The highest BCUT2D eigenvalue weighted by molar-refractivity contribution is 7.90. The number of H-pyrrole nitrogens is 1. The minimum absolute atomic E-state index is 0.245. The molecule has 1 aliphatic rings. The van der Waals surface area contributed by atoms with Crippen LogP contribution in [0, 0.1) is 6.92 Å². The second-order valence-corrected chi connectivity index (χ2v) is 10.2. The van der Waals surface area contributed by atoms with Crippen LogP contribution < -0.4 is 5.56 Å². The molecule has 146 valence electrons. The second kappa shape index (κ2) is 7.27. The Hall–Kier alpha value is -2.29. The molecule has 1 aliphatic heterocycles. The van der Waals surface area contributed by atoms with Crippen molar-refractivity contribution in [3.8, 4) is 10.4 Å². The average Bonchev–Trinajstić information content (AvgIpc) is 3.10. The lowest BCUT2D eigenvalue weighted by atomic mass is 10.1. The van der Waals surface area contributed by atoms with Gasteiger partial charge in [0.25, 0.3) is 5.56 Å². The smallest absolute Gasteiger partial charge is 0.256 e. The molecule has 0 saturated heterocycles. The lowest BCUT2D eigenvalue weighted by Crippen LogP contribution is -2.35. The summed E-state index contributed by atoms with van der Waals surface area (Å²) in [6.07, 6.45) is 1.62. The van der Waals surface area contributed by atoms with Crippen LogP contribution in [-0.2, 0) is 29.3 Å². The predicted molar refractivity (Wildman–Crippen MR) is 110 cm³/mol. The highest BCUT2D eigenvalue weighted by Gasteiger charge is 2.23. The Morgan fingerprint density at radius 3 is 2.75 bits per heavy atom. The normalized spacial score (nSPS) is 14.8. The molecule has 3 heterocycles. The number of benzene rings is 1. The number of aryl methyl sites for hydroxylation is 1. The van der Waals surface area contributed by atoms with Crippen LogP contribution in [0.4, 0.5) is 0 Å². The first kappa shape index (κ1) is 19.0. The Balaban J connectivity index is 1.53. The summed E-state index contributed by atoms with van der Waals surface area (Å²) in [4.78, 5) is 23.6. The summed E-state index contributed by atoms with van der Waals surface area (Å²) in [5, 5.41) is -0.245. The summed E-state index contributed by atoms with van der Waals surface area (Å²) < 4.78 is 23.4. The average molecular weight is 416 g/mol. The minimum atomic E-state index is -3.53. The lowest BCUT2D eigenvalue weighted by Gasteiger charge is -2.27. The zero-order chi connectivity index (χ0) is 19.9. The molecule has 0 radical (unpaired) electrons. The van der Waals surface area contributed by atoms with E-state index in [-0.39, 0.29) is 10.7 Å². The van der Waals surface area contributed by atoms with E-state index >= 15 is 0 Å². The van der Waals surface area contributed by atoms with Crippen molar-refractivity contribution in [1.82, 2.24) is 14.9 Å². The van der Waals surface area contributed by atoms with Crippen LogP contribution in [-0.4, -0.2) is 36.1 Å². The Kier molecular flexibility index (Phi) is 4.95. The molecule has 28 heavy (non-hydrogen) atoms. The van der Waals surface area contributed by atoms with Gasteiger partial charge >= 0.3 is 0 Å². The number of sulfone groups is 1. The number of rotatable bonds is 4. The summed E-state index contributed by atoms with van der Waals surface area (Å²) in [6, 6.07) is 12.6. The van der Waals surface area contributed by atoms with Crippen molar-refractivity contribution in [2.24, 2.45) is 0 Å². The van der Waals surface area contributed by atoms with Crippen molar-refractivity contribution < 1.29 is 8.42 Å². The fourth-order valence-electron chi connectivity index (χ4n) is 3.45. The van der Waals surface area contributed by atoms with Gasteiger partial charge in [-0.3, -0.25) is 14.7 Å². The molecule has 0 aliphatic carbocycles. The molecule has 1 aromatic carbocycles. The quantitative estimate of drug-likeness (QED) is 0.663. The zero-order valence-corrected chi connectivity index (χ0v) is 17.4. The third-order valence-corrected chi connectivity index (χ3v) is 6.93. The van der Waals surface area contributed by atoms with Gasteiger partial charge in [0.1, 0.15) is 0 Å². The fourth-order valence-corrected chi connectivity index (χ4v) is 5.14. The molecule has 0 spiro atoms. The van der Waals surface area contributed by atoms with Gasteiger partial charge in [0, 0.05) is 42.1 Å². The van der Waals surface area contributed by atoms with Gasteiger partial charge in [-0.05, 0) is 30.2 Å². The van der Waals surface area contributed by atoms with E-state index in [1.807, 2.05) is 12.1 Å². The largest absolute Gasteiger partial charge is 0.297 e. The van der Waals surface area contributed by atoms with E-state index in [1.165, 1.54) is 20.9 Å². The summed E-state index contributed by atoms with van der Waals surface area (Å²) >= 11 is 1.76. The molecule has 0 unspecified atom stereocenters. The molecule has 4 rings (SSSR count). The third-order valence-electron chi connectivity index (χ3n) is 4.93. The second-order valence-electron chi connectivity index (χ2n) is 7.11. The van der Waals surface area contributed by atoms with Crippen LogP contribution in [0.25, 0.3) is 10.4 Å². The highest BCUT2D eigenvalue weighted by Crippen LogP contribution is 2.31. The van der Waals surface area contributed by atoms with Gasteiger partial charge in [0.05, 0.1) is 11.3 Å². The van der Waals surface area contributed by atoms with Crippen molar-refractivity contribution >= 4 is 21.2 Å². The van der Waals surface area contributed by atoms with Gasteiger partial charge in [0.15, 0.2) is 0 Å². The van der Waals surface area contributed by atoms with E-state index in [9.17, 15) is 13.2 Å². The molecular formula is C20H21N3O3S2. The van der Waals surface area contributed by atoms with E-state index in [0.717, 1.165) is 19.3 Å². The minimum Gasteiger partial charge on any atom is -0.297 e. The number of hydrogen-bond acceptors (Lipinski definition) is 6. The number of nitrogens with one attached hydrogen (secondary N) is 1. The monoisotopic (exact) mass is 415 g/mol. The maximum atomic E-state index is 12.4. The van der Waals surface area contributed by atoms with Gasteiger partial charge in [-0.2, -0.15) is 0 Å². The van der Waals surface area contributed by atoms with E-state index in [0.29, 0.717) is 24.2 Å². The van der Waals surface area contributed by atoms with Crippen LogP contribution in [0.2, 0.25) is 0 Å². The molecule has 2 aromatic heterocycles. The summed E-state index contributed by atoms with van der Waals surface area (Å²) in [5.41, 5.74) is 3.29. The Labute approximate surface area is 167 Å². The molecule has 0 saturated carbocycles. The van der Waals surface area contributed by atoms with Crippen molar-refractivity contribution in [3.05, 3.63) is 68.4 Å². The SMILES string of the molecule is Cc1ccccc1-c1ccc(CN2CCc3nc(S(C)(=O)=O)[nH]c(=O)c3C2)s1. The molecule has 1 N–H and O–H groups in total. The standard InChI is InChI=1S/C20H21N3O3S2/c1-13-5-3-4-6-15(13)18-8-7-14(27-18)11-23-10-9-17-16(12-23)19(24)22-20(21-17)28(2,25)26/h3-8H,9-12H2,1-2H3,(H,21,22,24). The van der Waals surface area contributed by atoms with E-state index in [2.05, 4.69) is 46.1 Å². The first-order chi connectivity index (χ1) is 13.3. The molecule has 0 fully saturated rings. The Bertz CT molecular complexity index is 1200. The van der Waals surface area contributed by atoms with Crippen LogP contribution >= 0.6 is 11.3 Å². The van der Waals surface area contributed by atoms with Crippen LogP contribution in [0.5, 0.6) is 0 Å². The fraction of sp³-hybridized carbons (Fsp3) is 0.300. The third kappa shape index (κ3) is 3.80. The van der Waals surface area contributed by atoms with E-state index < -0.39 is 9.84 Å². The first-order valence-electron chi connectivity index (χ1n) is 9.00. The van der Waals surface area contributed by atoms with Gasteiger partial charge < -0.3 is 0 Å². The Morgan fingerprint density at radius 2 is 2.00 bits per heavy atom. The molecule has 6 nitrogen and oxygen atoms in total. The maximum Gasteiger partial charge on any atom is 0.256 e. The van der Waals surface area contributed by atoms with E-state index in [4.69, 9.17) is 0 Å². The number of aromatic nitrogens is 2. The lowest BCUT2D eigenvalue weighted by molar-refractivity contribution is 0.243. The van der Waals surface area contributed by atoms with E-state index in [1.54, 1.807) is 11.3 Å². The molecule has 8 heteroatoms. The highest BCUT2D eigenvalue weighted by atomic mass is 32.2. The van der Waals surface area contributed by atoms with Crippen LogP contribution in [0.15, 0.2) is 46.3 Å². The first-order valence-corrected chi connectivity index (χ1v) is 11.7. The molecule has 0 atom stereocenters. The number of nitrogens with zero attached hydrogens (tertiary/aromatic N) is 2. The van der Waals surface area contributed by atoms with Crippen LogP contribution in [0.3, 0.4) is 0 Å².